The van der Waals surface area contributed by atoms with E-state index in [1.807, 2.05) is 20.8 Å². The van der Waals surface area contributed by atoms with Crippen LogP contribution in [0.3, 0.4) is 0 Å². The summed E-state index contributed by atoms with van der Waals surface area (Å²) in [6, 6.07) is 2.49. The first-order chi connectivity index (χ1) is 13.5. The fraction of sp³-hybridized carbons (Fsp3) is 0.720. The number of phenolic OH excluding ortho intramolecular Hbond substituents is 1. The van der Waals surface area contributed by atoms with E-state index in [9.17, 15) is 10.4 Å². The molecule has 0 fully saturated rings. The Kier molecular flexibility index (Phi) is 8.67. The molecule has 1 aliphatic heterocycles. The van der Waals surface area contributed by atoms with Crippen LogP contribution >= 0.6 is 0 Å². The van der Waals surface area contributed by atoms with Crippen LogP contribution in [-0.2, 0) is 6.42 Å². The number of nitriles is 1. The molecule has 2 rings (SSSR count). The van der Waals surface area contributed by atoms with E-state index in [1.54, 1.807) is 0 Å². The van der Waals surface area contributed by atoms with Crippen molar-refractivity contribution in [1.29, 1.82) is 5.26 Å². The number of fused-ring (bicyclic) bond motifs is 1. The van der Waals surface area contributed by atoms with Crippen molar-refractivity contribution >= 4 is 0 Å². The molecule has 0 aliphatic carbocycles. The molecule has 1 unspecified atom stereocenters. The molecule has 1 N–H and O–H groups in total. The van der Waals surface area contributed by atoms with Crippen LogP contribution in [0.2, 0.25) is 0 Å². The van der Waals surface area contributed by atoms with E-state index in [1.165, 1.54) is 57.8 Å². The molecule has 28 heavy (non-hydrogen) atoms. The third-order valence-electron chi connectivity index (χ3n) is 6.55. The van der Waals surface area contributed by atoms with Crippen molar-refractivity contribution < 1.29 is 9.84 Å². The molecule has 0 radical (unpaired) electrons. The fourth-order valence-electron chi connectivity index (χ4n) is 4.39. The lowest BCUT2D eigenvalue weighted by Crippen LogP contribution is -2.38. The smallest absolute Gasteiger partial charge is 0.194 e. The zero-order valence-electron chi connectivity index (χ0n) is 18.5. The first-order valence-corrected chi connectivity index (χ1v) is 11.4. The van der Waals surface area contributed by atoms with Crippen LogP contribution in [0.25, 0.3) is 0 Å². The Morgan fingerprint density at radius 1 is 0.893 bits per heavy atom. The number of hydrogen-bond donors (Lipinski definition) is 1. The van der Waals surface area contributed by atoms with Gasteiger partial charge in [-0.3, -0.25) is 0 Å². The molecule has 0 saturated carbocycles. The molecule has 1 heterocycles. The highest BCUT2D eigenvalue weighted by atomic mass is 16.5. The monoisotopic (exact) mass is 385 g/mol. The Morgan fingerprint density at radius 2 is 1.46 bits per heavy atom. The minimum atomic E-state index is -0.701. The largest absolute Gasteiger partial charge is 0.507 e. The lowest BCUT2D eigenvalue weighted by Gasteiger charge is -2.35. The number of ether oxygens (including phenoxy) is 1. The van der Waals surface area contributed by atoms with Crippen LogP contribution in [0.15, 0.2) is 0 Å². The molecule has 1 atom stereocenters. The third kappa shape index (κ3) is 5.43. The summed E-state index contributed by atoms with van der Waals surface area (Å²) in [6.45, 7) is 8.12. The number of nitrogens with zero attached hydrogens (tertiary/aromatic N) is 1. The lowest BCUT2D eigenvalue weighted by atomic mass is 9.84. The van der Waals surface area contributed by atoms with Gasteiger partial charge in [0.15, 0.2) is 5.60 Å². The minimum absolute atomic E-state index is 0.374. The molecule has 3 nitrogen and oxygen atoms in total. The van der Waals surface area contributed by atoms with Gasteiger partial charge in [0.2, 0.25) is 0 Å². The van der Waals surface area contributed by atoms with Crippen LogP contribution in [-0.4, -0.2) is 10.7 Å². The summed E-state index contributed by atoms with van der Waals surface area (Å²) >= 11 is 0. The van der Waals surface area contributed by atoms with E-state index in [2.05, 4.69) is 13.0 Å². The molecule has 0 spiro atoms. The Balaban J connectivity index is 1.82. The summed E-state index contributed by atoms with van der Waals surface area (Å²) in [4.78, 5) is 0. The van der Waals surface area contributed by atoms with Gasteiger partial charge in [0.1, 0.15) is 17.6 Å². The molecular formula is C25H39NO2. The van der Waals surface area contributed by atoms with E-state index in [-0.39, 0.29) is 0 Å². The predicted octanol–water partition coefficient (Wildman–Crippen LogP) is 7.22. The number of benzene rings is 1. The van der Waals surface area contributed by atoms with Gasteiger partial charge in [-0.2, -0.15) is 5.26 Å². The second-order valence-corrected chi connectivity index (χ2v) is 8.67. The van der Waals surface area contributed by atoms with Crippen LogP contribution in [0, 0.1) is 32.1 Å². The van der Waals surface area contributed by atoms with Crippen molar-refractivity contribution in [2.45, 2.75) is 117 Å². The van der Waals surface area contributed by atoms with E-state index >= 15 is 0 Å². The number of phenols is 1. The molecule has 0 saturated heterocycles. The number of unbranched alkanes of at least 4 members (excludes halogenated alkanes) is 9. The summed E-state index contributed by atoms with van der Waals surface area (Å²) in [6.07, 6.45) is 15.3. The molecule has 1 aromatic rings. The fourth-order valence-corrected chi connectivity index (χ4v) is 4.39. The molecule has 0 bridgehead atoms. The van der Waals surface area contributed by atoms with Gasteiger partial charge in [-0.15, -0.1) is 0 Å². The molecular weight excluding hydrogens is 346 g/mol. The molecule has 0 aromatic heterocycles. The summed E-state index contributed by atoms with van der Waals surface area (Å²) in [5, 5.41) is 20.2. The average Bonchev–Trinajstić information content (AvgIpc) is 2.72. The van der Waals surface area contributed by atoms with Crippen LogP contribution < -0.4 is 4.74 Å². The van der Waals surface area contributed by atoms with Crippen LogP contribution in [0.4, 0.5) is 0 Å². The van der Waals surface area contributed by atoms with Gasteiger partial charge in [0.25, 0.3) is 0 Å². The van der Waals surface area contributed by atoms with Crippen molar-refractivity contribution in [3.8, 4) is 17.6 Å². The maximum absolute atomic E-state index is 10.3. The SMILES string of the molecule is CCCCCCCCCCCCC1(C#N)CCc2c(C)c(O)c(C)c(C)c2O1. The Morgan fingerprint density at radius 3 is 2.04 bits per heavy atom. The normalized spacial score (nSPS) is 18.4. The van der Waals surface area contributed by atoms with Gasteiger partial charge in [-0.25, -0.2) is 0 Å². The molecule has 1 aliphatic rings. The second-order valence-electron chi connectivity index (χ2n) is 8.67. The summed E-state index contributed by atoms with van der Waals surface area (Å²) in [7, 11) is 0. The maximum atomic E-state index is 10.3. The first kappa shape index (κ1) is 22.6. The number of hydrogen-bond acceptors (Lipinski definition) is 3. The van der Waals surface area contributed by atoms with E-state index in [0.717, 1.165) is 53.7 Å². The van der Waals surface area contributed by atoms with E-state index < -0.39 is 5.60 Å². The Labute approximate surface area is 172 Å². The summed E-state index contributed by atoms with van der Waals surface area (Å²) in [5.41, 5.74) is 3.12. The van der Waals surface area contributed by atoms with E-state index in [4.69, 9.17) is 4.74 Å². The van der Waals surface area contributed by atoms with Crippen molar-refractivity contribution in [1.82, 2.24) is 0 Å². The highest BCUT2D eigenvalue weighted by Gasteiger charge is 2.38. The van der Waals surface area contributed by atoms with Crippen LogP contribution in [0.5, 0.6) is 11.5 Å². The molecule has 156 valence electrons. The second kappa shape index (κ2) is 10.7. The number of aromatic hydroxyl groups is 1. The topological polar surface area (TPSA) is 53.2 Å². The Bertz CT molecular complexity index is 689. The highest BCUT2D eigenvalue weighted by Crippen LogP contribution is 2.44. The summed E-state index contributed by atoms with van der Waals surface area (Å²) in [5.74, 6) is 1.21. The van der Waals surface area contributed by atoms with Crippen molar-refractivity contribution in [3.63, 3.8) is 0 Å². The van der Waals surface area contributed by atoms with Gasteiger partial charge < -0.3 is 9.84 Å². The summed E-state index contributed by atoms with van der Waals surface area (Å²) < 4.78 is 6.33. The quantitative estimate of drug-likeness (QED) is 0.409. The van der Waals surface area contributed by atoms with Gasteiger partial charge in [-0.05, 0) is 50.3 Å². The third-order valence-corrected chi connectivity index (χ3v) is 6.55. The zero-order valence-corrected chi connectivity index (χ0v) is 18.5. The molecule has 1 aromatic carbocycles. The first-order valence-electron chi connectivity index (χ1n) is 11.4. The molecule has 3 heteroatoms. The highest BCUT2D eigenvalue weighted by molar-refractivity contribution is 5.58. The van der Waals surface area contributed by atoms with Crippen LogP contribution in [0.1, 0.15) is 106 Å². The van der Waals surface area contributed by atoms with Crippen molar-refractivity contribution in [3.05, 3.63) is 22.3 Å². The minimum Gasteiger partial charge on any atom is -0.507 e. The predicted molar refractivity (Wildman–Crippen MR) is 116 cm³/mol. The van der Waals surface area contributed by atoms with E-state index in [0.29, 0.717) is 5.75 Å². The zero-order chi connectivity index (χ0) is 20.6. The lowest BCUT2D eigenvalue weighted by molar-refractivity contribution is 0.0884. The van der Waals surface area contributed by atoms with Gasteiger partial charge in [0.05, 0.1) is 0 Å². The Hall–Kier alpha value is -1.69. The standard InChI is InChI=1S/C25H39NO2/c1-5-6-7-8-9-10-11-12-13-14-16-25(18-26)17-15-22-21(4)23(27)19(2)20(3)24(22)28-25/h27H,5-17H2,1-4H3. The average molecular weight is 386 g/mol. The molecule has 0 amide bonds. The van der Waals surface area contributed by atoms with Gasteiger partial charge in [0, 0.05) is 18.4 Å². The van der Waals surface area contributed by atoms with Crippen molar-refractivity contribution in [2.24, 2.45) is 0 Å². The maximum Gasteiger partial charge on any atom is 0.194 e. The van der Waals surface area contributed by atoms with Gasteiger partial charge in [-0.1, -0.05) is 64.7 Å². The van der Waals surface area contributed by atoms with Crippen molar-refractivity contribution in [2.75, 3.05) is 0 Å². The van der Waals surface area contributed by atoms with Gasteiger partial charge >= 0.3 is 0 Å². The number of rotatable bonds is 11.